The number of alkyl halides is 1. The number of hydrogen-bond acceptors (Lipinski definition) is 2. The molecule has 0 spiro atoms. The molecule has 2 aromatic rings. The van der Waals surface area contributed by atoms with E-state index in [4.69, 9.17) is 44.3 Å². The molecule has 1 unspecified atom stereocenters. The van der Waals surface area contributed by atoms with Crippen molar-refractivity contribution in [1.82, 2.24) is 0 Å². The molecule has 2 nitrogen and oxygen atoms in total. The Morgan fingerprint density at radius 3 is 2.35 bits per heavy atom. The average molecular weight is 332 g/mol. The number of rotatable bonds is 4. The highest BCUT2D eigenvalue weighted by molar-refractivity contribution is 6.34. The molecule has 0 saturated heterocycles. The summed E-state index contributed by atoms with van der Waals surface area (Å²) in [5, 5.41) is 0.624. The first-order valence-electron chi connectivity index (χ1n) is 5.88. The fourth-order valence-corrected chi connectivity index (χ4v) is 2.79. The Kier molecular flexibility index (Phi) is 5.03. The SMILES string of the molecule is COc1ccc(C(Cl)c2cccc(Cl)c2)c(OC)c1Cl. The van der Waals surface area contributed by atoms with Gasteiger partial charge in [0, 0.05) is 10.6 Å². The van der Waals surface area contributed by atoms with Crippen LogP contribution in [0.25, 0.3) is 0 Å². The number of hydrogen-bond donors (Lipinski definition) is 0. The average Bonchev–Trinajstić information content (AvgIpc) is 2.46. The van der Waals surface area contributed by atoms with Gasteiger partial charge in [-0.05, 0) is 29.8 Å². The smallest absolute Gasteiger partial charge is 0.146 e. The minimum atomic E-state index is -0.410. The Hall–Kier alpha value is -1.09. The number of benzene rings is 2. The van der Waals surface area contributed by atoms with Crippen LogP contribution in [0.15, 0.2) is 36.4 Å². The molecule has 20 heavy (non-hydrogen) atoms. The van der Waals surface area contributed by atoms with Gasteiger partial charge in [-0.15, -0.1) is 11.6 Å². The van der Waals surface area contributed by atoms with Crippen LogP contribution in [-0.4, -0.2) is 14.2 Å². The van der Waals surface area contributed by atoms with Gasteiger partial charge in [0.05, 0.1) is 19.6 Å². The van der Waals surface area contributed by atoms with E-state index in [1.165, 1.54) is 0 Å². The molecule has 0 amide bonds. The van der Waals surface area contributed by atoms with Crippen molar-refractivity contribution in [2.45, 2.75) is 5.38 Å². The first-order valence-corrected chi connectivity index (χ1v) is 7.07. The van der Waals surface area contributed by atoms with Crippen LogP contribution < -0.4 is 9.47 Å². The lowest BCUT2D eigenvalue weighted by molar-refractivity contribution is 0.392. The second-order valence-corrected chi connectivity index (χ2v) is 5.37. The Labute approximate surface area is 133 Å². The van der Waals surface area contributed by atoms with Crippen molar-refractivity contribution in [3.63, 3.8) is 0 Å². The van der Waals surface area contributed by atoms with Crippen LogP contribution in [0.5, 0.6) is 11.5 Å². The third kappa shape index (κ3) is 2.98. The summed E-state index contributed by atoms with van der Waals surface area (Å²) in [5.74, 6) is 1.05. The predicted octanol–water partition coefficient (Wildman–Crippen LogP) is 5.34. The number of ether oxygens (including phenoxy) is 2. The molecular formula is C15H13Cl3O2. The normalized spacial score (nSPS) is 12.1. The van der Waals surface area contributed by atoms with E-state index in [1.807, 2.05) is 24.3 Å². The van der Waals surface area contributed by atoms with Gasteiger partial charge < -0.3 is 9.47 Å². The van der Waals surface area contributed by atoms with E-state index >= 15 is 0 Å². The van der Waals surface area contributed by atoms with Crippen LogP contribution in [0.4, 0.5) is 0 Å². The Morgan fingerprint density at radius 1 is 1.00 bits per heavy atom. The fourth-order valence-electron chi connectivity index (χ4n) is 1.96. The van der Waals surface area contributed by atoms with Crippen molar-refractivity contribution in [2.24, 2.45) is 0 Å². The molecule has 0 N–H and O–H groups in total. The standard InChI is InChI=1S/C15H13Cl3O2/c1-19-12-7-6-11(15(20-2)14(12)18)13(17)9-4-3-5-10(16)8-9/h3-8,13H,1-2H3. The molecule has 1 atom stereocenters. The van der Waals surface area contributed by atoms with Gasteiger partial charge in [0.1, 0.15) is 16.5 Å². The molecule has 0 bridgehead atoms. The molecule has 5 heteroatoms. The summed E-state index contributed by atoms with van der Waals surface area (Å²) >= 11 is 18.8. The Balaban J connectivity index is 2.49. The molecule has 2 aromatic carbocycles. The summed E-state index contributed by atoms with van der Waals surface area (Å²) in [6.45, 7) is 0. The van der Waals surface area contributed by atoms with E-state index in [9.17, 15) is 0 Å². The van der Waals surface area contributed by atoms with Crippen molar-refractivity contribution >= 4 is 34.8 Å². The number of halogens is 3. The first kappa shape index (κ1) is 15.3. The van der Waals surface area contributed by atoms with Crippen LogP contribution in [0.2, 0.25) is 10.0 Å². The Morgan fingerprint density at radius 2 is 1.75 bits per heavy atom. The molecule has 0 radical (unpaired) electrons. The highest BCUT2D eigenvalue weighted by Crippen LogP contribution is 2.43. The van der Waals surface area contributed by atoms with Gasteiger partial charge in [-0.25, -0.2) is 0 Å². The van der Waals surface area contributed by atoms with E-state index in [2.05, 4.69) is 0 Å². The van der Waals surface area contributed by atoms with Gasteiger partial charge >= 0.3 is 0 Å². The molecule has 0 heterocycles. The maximum Gasteiger partial charge on any atom is 0.146 e. The maximum atomic E-state index is 6.52. The number of methoxy groups -OCH3 is 2. The molecule has 0 aliphatic rings. The molecule has 0 aromatic heterocycles. The lowest BCUT2D eigenvalue weighted by Crippen LogP contribution is -1.99. The van der Waals surface area contributed by atoms with E-state index in [1.54, 1.807) is 26.4 Å². The lowest BCUT2D eigenvalue weighted by atomic mass is 10.0. The third-order valence-electron chi connectivity index (χ3n) is 2.93. The van der Waals surface area contributed by atoms with Gasteiger partial charge in [-0.3, -0.25) is 0 Å². The van der Waals surface area contributed by atoms with Crippen LogP contribution in [-0.2, 0) is 0 Å². The van der Waals surface area contributed by atoms with E-state index in [0.717, 1.165) is 11.1 Å². The molecule has 0 aliphatic heterocycles. The second kappa shape index (κ2) is 6.57. The fraction of sp³-hybridized carbons (Fsp3) is 0.200. The van der Waals surface area contributed by atoms with Crippen LogP contribution >= 0.6 is 34.8 Å². The second-order valence-electron chi connectivity index (χ2n) is 4.12. The summed E-state index contributed by atoms with van der Waals surface area (Å²) in [4.78, 5) is 0. The van der Waals surface area contributed by atoms with Crippen molar-refractivity contribution < 1.29 is 9.47 Å². The highest BCUT2D eigenvalue weighted by atomic mass is 35.5. The van der Waals surface area contributed by atoms with E-state index in [0.29, 0.717) is 21.5 Å². The Bertz CT molecular complexity index is 614. The zero-order valence-electron chi connectivity index (χ0n) is 11.0. The van der Waals surface area contributed by atoms with Crippen LogP contribution in [0.3, 0.4) is 0 Å². The summed E-state index contributed by atoms with van der Waals surface area (Å²) in [5.41, 5.74) is 1.64. The van der Waals surface area contributed by atoms with Crippen molar-refractivity contribution in [1.29, 1.82) is 0 Å². The summed E-state index contributed by atoms with van der Waals surface area (Å²) in [6.07, 6.45) is 0. The van der Waals surface area contributed by atoms with Crippen molar-refractivity contribution in [2.75, 3.05) is 14.2 Å². The topological polar surface area (TPSA) is 18.5 Å². The van der Waals surface area contributed by atoms with Crippen LogP contribution in [0.1, 0.15) is 16.5 Å². The van der Waals surface area contributed by atoms with Gasteiger partial charge in [-0.2, -0.15) is 0 Å². The van der Waals surface area contributed by atoms with Gasteiger partial charge in [-0.1, -0.05) is 35.3 Å². The van der Waals surface area contributed by atoms with E-state index < -0.39 is 5.38 Å². The van der Waals surface area contributed by atoms with Crippen molar-refractivity contribution in [3.05, 3.63) is 57.6 Å². The third-order valence-corrected chi connectivity index (χ3v) is 4.01. The maximum absolute atomic E-state index is 6.52. The van der Waals surface area contributed by atoms with E-state index in [-0.39, 0.29) is 0 Å². The largest absolute Gasteiger partial charge is 0.495 e. The molecule has 0 fully saturated rings. The quantitative estimate of drug-likeness (QED) is 0.704. The summed E-state index contributed by atoms with van der Waals surface area (Å²) in [6, 6.07) is 11.0. The lowest BCUT2D eigenvalue weighted by Gasteiger charge is -2.17. The van der Waals surface area contributed by atoms with Gasteiger partial charge in [0.25, 0.3) is 0 Å². The highest BCUT2D eigenvalue weighted by Gasteiger charge is 2.20. The molecule has 0 saturated carbocycles. The van der Waals surface area contributed by atoms with Crippen LogP contribution in [0, 0.1) is 0 Å². The van der Waals surface area contributed by atoms with Gasteiger partial charge in [0.15, 0.2) is 0 Å². The monoisotopic (exact) mass is 330 g/mol. The minimum Gasteiger partial charge on any atom is -0.495 e. The first-order chi connectivity index (χ1) is 9.58. The molecular weight excluding hydrogens is 319 g/mol. The molecule has 2 rings (SSSR count). The summed E-state index contributed by atoms with van der Waals surface area (Å²) in [7, 11) is 3.10. The molecule has 106 valence electrons. The zero-order valence-corrected chi connectivity index (χ0v) is 13.3. The summed E-state index contributed by atoms with van der Waals surface area (Å²) < 4.78 is 10.5. The molecule has 0 aliphatic carbocycles. The van der Waals surface area contributed by atoms with Crippen molar-refractivity contribution in [3.8, 4) is 11.5 Å². The zero-order chi connectivity index (χ0) is 14.7. The van der Waals surface area contributed by atoms with Gasteiger partial charge in [0.2, 0.25) is 0 Å². The predicted molar refractivity (Wildman–Crippen MR) is 83.7 cm³/mol. The minimum absolute atomic E-state index is 0.403.